The molecule has 0 radical (unpaired) electrons. The van der Waals surface area contributed by atoms with Gasteiger partial charge in [-0.15, -0.1) is 13.2 Å². The van der Waals surface area contributed by atoms with Crippen LogP contribution in [0.4, 0.5) is 34.6 Å². The molecule has 0 bridgehead atoms. The van der Waals surface area contributed by atoms with E-state index in [0.717, 1.165) is 6.07 Å². The molecule has 4 rings (SSSR count). The largest absolute Gasteiger partial charge is 0.573 e. The van der Waals surface area contributed by atoms with Gasteiger partial charge < -0.3 is 14.4 Å². The van der Waals surface area contributed by atoms with E-state index in [4.69, 9.17) is 16.3 Å². The monoisotopic (exact) mass is 495 g/mol. The van der Waals surface area contributed by atoms with Crippen molar-refractivity contribution >= 4 is 34.6 Å². The maximum Gasteiger partial charge on any atom is 0.573 e. The quantitative estimate of drug-likeness (QED) is 0.406. The van der Waals surface area contributed by atoms with Crippen molar-refractivity contribution in [2.24, 2.45) is 0 Å². The van der Waals surface area contributed by atoms with Crippen LogP contribution in [-0.4, -0.2) is 31.0 Å². The molecule has 178 valence electrons. The van der Waals surface area contributed by atoms with Crippen molar-refractivity contribution in [3.05, 3.63) is 70.1 Å². The number of carbonyl (C=O) groups is 1. The average Bonchev–Trinajstić information content (AvgIpc) is 2.76. The molecule has 1 amide bonds. The number of nitrogens with zero attached hydrogens (tertiary/aromatic N) is 3. The summed E-state index contributed by atoms with van der Waals surface area (Å²) in [6.45, 7) is 3.21. The number of hydrogen-bond acceptors (Lipinski definition) is 5. The molecule has 0 atom stereocenters. The normalized spacial score (nSPS) is 13.7. The van der Waals surface area contributed by atoms with Crippen molar-refractivity contribution < 1.29 is 31.8 Å². The number of methoxy groups -OCH3 is 1. The summed E-state index contributed by atoms with van der Waals surface area (Å²) >= 11 is 5.97. The third kappa shape index (κ3) is 4.33. The number of rotatable bonds is 4. The maximum absolute atomic E-state index is 15.1. The molecule has 0 saturated carbocycles. The van der Waals surface area contributed by atoms with Gasteiger partial charge in [-0.05, 0) is 55.8 Å². The van der Waals surface area contributed by atoms with Crippen LogP contribution in [0.25, 0.3) is 0 Å². The van der Waals surface area contributed by atoms with Crippen LogP contribution in [-0.2, 0) is 0 Å². The summed E-state index contributed by atoms with van der Waals surface area (Å²) in [6.07, 6.45) is -4.84. The number of ether oxygens (including phenoxy) is 2. The summed E-state index contributed by atoms with van der Waals surface area (Å²) in [4.78, 5) is 20.6. The van der Waals surface area contributed by atoms with Gasteiger partial charge in [0.15, 0.2) is 5.82 Å². The van der Waals surface area contributed by atoms with Gasteiger partial charge in [-0.1, -0.05) is 11.6 Å². The number of hydrogen-bond donors (Lipinski definition) is 0. The zero-order chi connectivity index (χ0) is 24.8. The number of amides is 1. The Morgan fingerprint density at radius 2 is 1.68 bits per heavy atom. The second-order valence-corrected chi connectivity index (χ2v) is 7.92. The zero-order valence-electron chi connectivity index (χ0n) is 18.2. The molecule has 11 heteroatoms. The Kier molecular flexibility index (Phi) is 6.03. The SMILES string of the molecule is COc1ccc(N2CN(c3ccc(OC(F)(F)F)cc3C)c3ccc(Cl)c(F)c3C2=O)c(C)n1. The van der Waals surface area contributed by atoms with Crippen molar-refractivity contribution in [2.45, 2.75) is 20.2 Å². The van der Waals surface area contributed by atoms with Crippen LogP contribution in [0.15, 0.2) is 42.5 Å². The van der Waals surface area contributed by atoms with Gasteiger partial charge in [-0.3, -0.25) is 9.69 Å². The highest BCUT2D eigenvalue weighted by Gasteiger charge is 2.36. The van der Waals surface area contributed by atoms with E-state index in [1.54, 1.807) is 30.9 Å². The van der Waals surface area contributed by atoms with Gasteiger partial charge in [0.1, 0.15) is 18.0 Å². The summed E-state index contributed by atoms with van der Waals surface area (Å²) in [5, 5.41) is -0.232. The molecule has 1 aromatic heterocycles. The Labute approximate surface area is 197 Å². The smallest absolute Gasteiger partial charge is 0.481 e. The number of carbonyl (C=O) groups excluding carboxylic acids is 1. The van der Waals surface area contributed by atoms with Crippen LogP contribution in [0.2, 0.25) is 5.02 Å². The van der Waals surface area contributed by atoms with E-state index in [1.807, 2.05) is 0 Å². The summed E-state index contributed by atoms with van der Waals surface area (Å²) in [5.74, 6) is -1.58. The molecule has 6 nitrogen and oxygen atoms in total. The van der Waals surface area contributed by atoms with Crippen molar-refractivity contribution in [3.8, 4) is 11.6 Å². The first kappa shape index (κ1) is 23.6. The first-order valence-electron chi connectivity index (χ1n) is 9.95. The number of alkyl halides is 3. The Balaban J connectivity index is 1.84. The fourth-order valence-corrected chi connectivity index (χ4v) is 3.99. The van der Waals surface area contributed by atoms with Gasteiger partial charge in [-0.2, -0.15) is 0 Å². The minimum Gasteiger partial charge on any atom is -0.481 e. The van der Waals surface area contributed by atoms with E-state index in [1.165, 1.54) is 36.3 Å². The van der Waals surface area contributed by atoms with E-state index in [0.29, 0.717) is 28.5 Å². The van der Waals surface area contributed by atoms with E-state index in [-0.39, 0.29) is 22.9 Å². The first-order chi connectivity index (χ1) is 16.0. The molecule has 0 N–H and O–H groups in total. The molecule has 1 aliphatic heterocycles. The van der Waals surface area contributed by atoms with Crippen molar-refractivity contribution in [1.29, 1.82) is 0 Å². The van der Waals surface area contributed by atoms with Gasteiger partial charge in [0, 0.05) is 11.8 Å². The Hall–Kier alpha value is -3.53. The number of pyridine rings is 1. The molecule has 0 fully saturated rings. The molecule has 3 aromatic rings. The molecule has 0 spiro atoms. The third-order valence-corrected chi connectivity index (χ3v) is 5.62. The fraction of sp³-hybridized carbons (Fsp3) is 0.217. The molecular formula is C23H18ClF4N3O3. The molecule has 0 aliphatic carbocycles. The summed E-state index contributed by atoms with van der Waals surface area (Å²) in [7, 11) is 1.46. The molecule has 2 aromatic carbocycles. The second-order valence-electron chi connectivity index (χ2n) is 7.51. The lowest BCUT2D eigenvalue weighted by Gasteiger charge is -2.39. The van der Waals surface area contributed by atoms with E-state index < -0.39 is 23.8 Å². The van der Waals surface area contributed by atoms with E-state index in [2.05, 4.69) is 9.72 Å². The number of aryl methyl sites for hydroxylation is 2. The Bertz CT molecular complexity index is 1280. The molecule has 0 unspecified atom stereocenters. The van der Waals surface area contributed by atoms with Crippen LogP contribution in [0.1, 0.15) is 21.6 Å². The number of benzene rings is 2. The summed E-state index contributed by atoms with van der Waals surface area (Å²) < 4.78 is 62.1. The third-order valence-electron chi connectivity index (χ3n) is 5.33. The van der Waals surface area contributed by atoms with Gasteiger partial charge in [0.2, 0.25) is 5.88 Å². The van der Waals surface area contributed by atoms with Gasteiger partial charge >= 0.3 is 6.36 Å². The molecule has 2 heterocycles. The summed E-state index contributed by atoms with van der Waals surface area (Å²) in [6, 6.07) is 9.80. The number of anilines is 3. The van der Waals surface area contributed by atoms with Crippen molar-refractivity contribution in [3.63, 3.8) is 0 Å². The van der Waals surface area contributed by atoms with Crippen LogP contribution in [0.5, 0.6) is 11.6 Å². The van der Waals surface area contributed by atoms with Crippen molar-refractivity contribution in [1.82, 2.24) is 4.98 Å². The fourth-order valence-electron chi connectivity index (χ4n) is 3.83. The predicted octanol–water partition coefficient (Wildman–Crippen LogP) is 6.15. The number of aromatic nitrogens is 1. The highest BCUT2D eigenvalue weighted by Crippen LogP contribution is 2.41. The number of fused-ring (bicyclic) bond motifs is 1. The molecular weight excluding hydrogens is 478 g/mol. The summed E-state index contributed by atoms with van der Waals surface area (Å²) in [5.41, 5.74) is 1.72. The lowest BCUT2D eigenvalue weighted by atomic mass is 10.0. The Morgan fingerprint density at radius 1 is 1.00 bits per heavy atom. The predicted molar refractivity (Wildman–Crippen MR) is 119 cm³/mol. The molecule has 0 saturated heterocycles. The van der Waals surface area contributed by atoms with Crippen molar-refractivity contribution in [2.75, 3.05) is 23.6 Å². The zero-order valence-corrected chi connectivity index (χ0v) is 19.0. The Morgan fingerprint density at radius 3 is 2.29 bits per heavy atom. The van der Waals surface area contributed by atoms with Crippen LogP contribution < -0.4 is 19.3 Å². The minimum atomic E-state index is -4.84. The van der Waals surface area contributed by atoms with Crippen LogP contribution in [0, 0.1) is 19.7 Å². The van der Waals surface area contributed by atoms with E-state index in [9.17, 15) is 18.0 Å². The van der Waals surface area contributed by atoms with Gasteiger partial charge in [0.05, 0.1) is 29.2 Å². The van der Waals surface area contributed by atoms with Crippen LogP contribution in [0.3, 0.4) is 0 Å². The second kappa shape index (κ2) is 8.68. The molecule has 1 aliphatic rings. The van der Waals surface area contributed by atoms with Gasteiger partial charge in [-0.25, -0.2) is 9.37 Å². The topological polar surface area (TPSA) is 54.9 Å². The van der Waals surface area contributed by atoms with E-state index >= 15 is 4.39 Å². The highest BCUT2D eigenvalue weighted by molar-refractivity contribution is 6.31. The number of halogens is 5. The van der Waals surface area contributed by atoms with Crippen LogP contribution >= 0.6 is 11.6 Å². The minimum absolute atomic E-state index is 0.0535. The lowest BCUT2D eigenvalue weighted by molar-refractivity contribution is -0.274. The van der Waals surface area contributed by atoms with Gasteiger partial charge in [0.25, 0.3) is 5.91 Å². The average molecular weight is 496 g/mol. The molecule has 34 heavy (non-hydrogen) atoms. The standard InChI is InChI=1S/C23H18ClF4N3O3/c1-12-10-14(34-23(26,27)28)4-6-16(12)30-11-31(17-8-9-19(33-3)29-13(17)2)22(32)20-18(30)7-5-15(24)21(20)25/h4-10H,11H2,1-3H3. The maximum atomic E-state index is 15.1. The lowest BCUT2D eigenvalue weighted by Crippen LogP contribution is -2.46. The first-order valence-corrected chi connectivity index (χ1v) is 10.3. The highest BCUT2D eigenvalue weighted by atomic mass is 35.5.